The first-order valence-corrected chi connectivity index (χ1v) is 6.02. The molecule has 0 bridgehead atoms. The summed E-state index contributed by atoms with van der Waals surface area (Å²) in [6.07, 6.45) is 1.92. The van der Waals surface area contributed by atoms with Crippen LogP contribution in [0.25, 0.3) is 0 Å². The van der Waals surface area contributed by atoms with E-state index in [0.29, 0.717) is 25.2 Å². The highest BCUT2D eigenvalue weighted by atomic mass is 19.1. The van der Waals surface area contributed by atoms with Gasteiger partial charge in [-0.2, -0.15) is 0 Å². The zero-order valence-corrected chi connectivity index (χ0v) is 10.4. The van der Waals surface area contributed by atoms with Gasteiger partial charge in [-0.25, -0.2) is 4.39 Å². The fraction of sp³-hybridized carbons (Fsp3) is 0.214. The monoisotopic (exact) mass is 262 g/mol. The normalized spacial score (nSPS) is 10.4. The third kappa shape index (κ3) is 4.56. The topological polar surface area (TPSA) is 54.3 Å². The molecule has 2 aromatic rings. The second kappa shape index (κ2) is 6.70. The lowest BCUT2D eigenvalue weighted by molar-refractivity contribution is -0.116. The SMILES string of the molecule is O=C(CCNCc1ccco1)Nc1cccc(F)c1. The number of halogens is 1. The van der Waals surface area contributed by atoms with E-state index in [1.165, 1.54) is 12.1 Å². The van der Waals surface area contributed by atoms with Gasteiger partial charge < -0.3 is 15.1 Å². The Balaban J connectivity index is 1.67. The maximum atomic E-state index is 12.9. The highest BCUT2D eigenvalue weighted by molar-refractivity contribution is 5.90. The molecule has 2 rings (SSSR count). The van der Waals surface area contributed by atoms with Crippen LogP contribution < -0.4 is 10.6 Å². The number of anilines is 1. The summed E-state index contributed by atoms with van der Waals surface area (Å²) in [6, 6.07) is 9.50. The molecule has 1 aromatic carbocycles. The molecular weight excluding hydrogens is 247 g/mol. The molecule has 19 heavy (non-hydrogen) atoms. The third-order valence-corrected chi connectivity index (χ3v) is 2.52. The van der Waals surface area contributed by atoms with Crippen LogP contribution in [0.4, 0.5) is 10.1 Å². The number of nitrogens with one attached hydrogen (secondary N) is 2. The van der Waals surface area contributed by atoms with Crippen molar-refractivity contribution in [3.05, 3.63) is 54.2 Å². The average molecular weight is 262 g/mol. The molecule has 0 atom stereocenters. The molecule has 1 aromatic heterocycles. The van der Waals surface area contributed by atoms with Crippen molar-refractivity contribution in [1.29, 1.82) is 0 Å². The number of amides is 1. The summed E-state index contributed by atoms with van der Waals surface area (Å²) in [5.74, 6) is 0.303. The molecule has 4 nitrogen and oxygen atoms in total. The maximum Gasteiger partial charge on any atom is 0.225 e. The minimum Gasteiger partial charge on any atom is -0.468 e. The van der Waals surface area contributed by atoms with Crippen molar-refractivity contribution in [3.8, 4) is 0 Å². The lowest BCUT2D eigenvalue weighted by atomic mass is 10.3. The van der Waals surface area contributed by atoms with Gasteiger partial charge in [0.25, 0.3) is 0 Å². The molecule has 0 radical (unpaired) electrons. The van der Waals surface area contributed by atoms with E-state index < -0.39 is 0 Å². The Morgan fingerprint density at radius 2 is 2.16 bits per heavy atom. The Labute approximate surface area is 110 Å². The fourth-order valence-corrected chi connectivity index (χ4v) is 1.62. The minimum absolute atomic E-state index is 0.155. The molecule has 0 fully saturated rings. The van der Waals surface area contributed by atoms with Gasteiger partial charge in [0.2, 0.25) is 5.91 Å². The molecule has 0 saturated carbocycles. The predicted molar refractivity (Wildman–Crippen MR) is 70.1 cm³/mol. The number of benzene rings is 1. The summed E-state index contributed by atoms with van der Waals surface area (Å²) in [5, 5.41) is 5.72. The Bertz CT molecular complexity index is 526. The molecule has 0 aliphatic rings. The first kappa shape index (κ1) is 13.3. The minimum atomic E-state index is -0.367. The summed E-state index contributed by atoms with van der Waals surface area (Å²) in [4.78, 5) is 11.6. The van der Waals surface area contributed by atoms with Crippen molar-refractivity contribution in [3.63, 3.8) is 0 Å². The Morgan fingerprint density at radius 3 is 2.89 bits per heavy atom. The number of carbonyl (C=O) groups is 1. The molecule has 2 N–H and O–H groups in total. The highest BCUT2D eigenvalue weighted by Gasteiger charge is 2.03. The van der Waals surface area contributed by atoms with E-state index in [1.807, 2.05) is 12.1 Å². The molecule has 1 amide bonds. The molecule has 0 saturated heterocycles. The van der Waals surface area contributed by atoms with Gasteiger partial charge in [-0.3, -0.25) is 4.79 Å². The van der Waals surface area contributed by atoms with Crippen LogP contribution >= 0.6 is 0 Å². The predicted octanol–water partition coefficient (Wildman–Crippen LogP) is 2.54. The Morgan fingerprint density at radius 1 is 1.26 bits per heavy atom. The van der Waals surface area contributed by atoms with Crippen LogP contribution in [0.5, 0.6) is 0 Å². The van der Waals surface area contributed by atoms with E-state index in [0.717, 1.165) is 5.76 Å². The van der Waals surface area contributed by atoms with Crippen LogP contribution in [0.3, 0.4) is 0 Å². The van der Waals surface area contributed by atoms with Crippen molar-refractivity contribution in [2.75, 3.05) is 11.9 Å². The summed E-state index contributed by atoms with van der Waals surface area (Å²) in [5.41, 5.74) is 0.469. The lowest BCUT2D eigenvalue weighted by Crippen LogP contribution is -2.21. The molecule has 5 heteroatoms. The average Bonchev–Trinajstić information content (AvgIpc) is 2.88. The van der Waals surface area contributed by atoms with Gasteiger partial charge in [0, 0.05) is 18.7 Å². The van der Waals surface area contributed by atoms with E-state index in [9.17, 15) is 9.18 Å². The zero-order chi connectivity index (χ0) is 13.5. The first-order chi connectivity index (χ1) is 9.24. The van der Waals surface area contributed by atoms with Crippen LogP contribution in [0, 0.1) is 5.82 Å². The number of furan rings is 1. The number of hydrogen-bond acceptors (Lipinski definition) is 3. The van der Waals surface area contributed by atoms with Crippen LogP contribution in [0.1, 0.15) is 12.2 Å². The van der Waals surface area contributed by atoms with Gasteiger partial charge in [-0.1, -0.05) is 6.07 Å². The van der Waals surface area contributed by atoms with Gasteiger partial charge in [0.15, 0.2) is 0 Å². The number of carbonyl (C=O) groups excluding carboxylic acids is 1. The third-order valence-electron chi connectivity index (χ3n) is 2.52. The van der Waals surface area contributed by atoms with Crippen LogP contribution in [-0.4, -0.2) is 12.5 Å². The first-order valence-electron chi connectivity index (χ1n) is 6.02. The molecule has 1 heterocycles. The summed E-state index contributed by atoms with van der Waals surface area (Å²) >= 11 is 0. The van der Waals surface area contributed by atoms with E-state index in [1.54, 1.807) is 18.4 Å². The molecular formula is C14H15FN2O2. The lowest BCUT2D eigenvalue weighted by Gasteiger charge is -2.05. The van der Waals surface area contributed by atoms with Crippen LogP contribution in [0.2, 0.25) is 0 Å². The molecule has 100 valence electrons. The van der Waals surface area contributed by atoms with E-state index in [2.05, 4.69) is 10.6 Å². The highest BCUT2D eigenvalue weighted by Crippen LogP contribution is 2.09. The number of rotatable bonds is 6. The second-order valence-electron chi connectivity index (χ2n) is 4.06. The van der Waals surface area contributed by atoms with Crippen molar-refractivity contribution in [2.24, 2.45) is 0 Å². The summed E-state index contributed by atoms with van der Waals surface area (Å²) in [6.45, 7) is 1.11. The van der Waals surface area contributed by atoms with E-state index in [-0.39, 0.29) is 11.7 Å². The van der Waals surface area contributed by atoms with Crippen molar-refractivity contribution >= 4 is 11.6 Å². The van der Waals surface area contributed by atoms with Crippen molar-refractivity contribution in [2.45, 2.75) is 13.0 Å². The Kier molecular flexibility index (Phi) is 4.69. The van der Waals surface area contributed by atoms with E-state index >= 15 is 0 Å². The van der Waals surface area contributed by atoms with Gasteiger partial charge in [0.05, 0.1) is 12.8 Å². The molecule has 0 unspecified atom stereocenters. The standard InChI is InChI=1S/C14H15FN2O2/c15-11-3-1-4-12(9-11)17-14(18)6-7-16-10-13-5-2-8-19-13/h1-5,8-9,16H,6-7,10H2,(H,17,18). The van der Waals surface area contributed by atoms with Crippen LogP contribution in [-0.2, 0) is 11.3 Å². The summed E-state index contributed by atoms with van der Waals surface area (Å²) < 4.78 is 18.1. The van der Waals surface area contributed by atoms with E-state index in [4.69, 9.17) is 4.42 Å². The smallest absolute Gasteiger partial charge is 0.225 e. The van der Waals surface area contributed by atoms with Crippen LogP contribution in [0.15, 0.2) is 47.1 Å². The van der Waals surface area contributed by atoms with Crippen molar-refractivity contribution < 1.29 is 13.6 Å². The molecule has 0 aliphatic heterocycles. The largest absolute Gasteiger partial charge is 0.468 e. The van der Waals surface area contributed by atoms with Gasteiger partial charge in [-0.15, -0.1) is 0 Å². The fourth-order valence-electron chi connectivity index (χ4n) is 1.62. The van der Waals surface area contributed by atoms with Crippen molar-refractivity contribution in [1.82, 2.24) is 5.32 Å². The van der Waals surface area contributed by atoms with Gasteiger partial charge in [0.1, 0.15) is 11.6 Å². The number of hydrogen-bond donors (Lipinski definition) is 2. The second-order valence-corrected chi connectivity index (χ2v) is 4.06. The molecule has 0 aliphatic carbocycles. The zero-order valence-electron chi connectivity index (χ0n) is 10.4. The van der Waals surface area contributed by atoms with Gasteiger partial charge in [-0.05, 0) is 30.3 Å². The molecule has 0 spiro atoms. The maximum absolute atomic E-state index is 12.9. The quantitative estimate of drug-likeness (QED) is 0.787. The van der Waals surface area contributed by atoms with Gasteiger partial charge >= 0.3 is 0 Å². The summed E-state index contributed by atoms with van der Waals surface area (Å²) in [7, 11) is 0. The Hall–Kier alpha value is -2.14.